The van der Waals surface area contributed by atoms with Gasteiger partial charge in [-0.2, -0.15) is 0 Å². The summed E-state index contributed by atoms with van der Waals surface area (Å²) in [7, 11) is 0. The van der Waals surface area contributed by atoms with Crippen LogP contribution in [0.1, 0.15) is 18.4 Å². The topological polar surface area (TPSA) is 67.4 Å². The normalized spacial score (nSPS) is 10.3. The molecule has 0 aromatic heterocycles. The molecule has 2 aromatic carbocycles. The fraction of sp³-hybridized carbons (Fsp3) is 0.222. The van der Waals surface area contributed by atoms with E-state index in [0.29, 0.717) is 0 Å². The molecule has 0 radical (unpaired) electrons. The van der Waals surface area contributed by atoms with Gasteiger partial charge in [0.1, 0.15) is 6.61 Å². The van der Waals surface area contributed by atoms with Gasteiger partial charge < -0.3 is 15.4 Å². The van der Waals surface area contributed by atoms with Crippen LogP contribution in [0, 0.1) is 17.5 Å². The van der Waals surface area contributed by atoms with E-state index in [9.17, 15) is 22.8 Å². The maximum atomic E-state index is 13.4. The summed E-state index contributed by atoms with van der Waals surface area (Å²) in [5.74, 6) is -5.03. The molecule has 2 rings (SSSR count). The molecule has 0 aliphatic heterocycles. The van der Waals surface area contributed by atoms with Crippen LogP contribution in [0.5, 0.6) is 0 Å². The molecule has 0 saturated carbocycles. The molecule has 138 valence electrons. The zero-order valence-electron chi connectivity index (χ0n) is 13.7. The highest BCUT2D eigenvalue weighted by molar-refractivity contribution is 5.90. The van der Waals surface area contributed by atoms with Crippen molar-refractivity contribution in [3.8, 4) is 0 Å². The lowest BCUT2D eigenvalue weighted by atomic mass is 10.2. The first-order valence-electron chi connectivity index (χ1n) is 7.85. The van der Waals surface area contributed by atoms with Crippen LogP contribution in [0.3, 0.4) is 0 Å². The summed E-state index contributed by atoms with van der Waals surface area (Å²) in [6, 6.07) is 10.8. The predicted octanol–water partition coefficient (Wildman–Crippen LogP) is 3.75. The molecule has 0 heterocycles. The number of alkyl carbamates (subject to hydrolysis) is 1. The highest BCUT2D eigenvalue weighted by Gasteiger charge is 2.15. The molecule has 8 heteroatoms. The lowest BCUT2D eigenvalue weighted by Gasteiger charge is -2.08. The molecular weight excluding hydrogens is 349 g/mol. The number of anilines is 1. The van der Waals surface area contributed by atoms with Crippen LogP contribution in [0.25, 0.3) is 0 Å². The van der Waals surface area contributed by atoms with E-state index >= 15 is 0 Å². The number of benzene rings is 2. The van der Waals surface area contributed by atoms with E-state index < -0.39 is 35.1 Å². The van der Waals surface area contributed by atoms with Gasteiger partial charge in [0, 0.05) is 13.0 Å². The van der Waals surface area contributed by atoms with Crippen LogP contribution in [0.4, 0.5) is 23.7 Å². The largest absolute Gasteiger partial charge is 0.445 e. The highest BCUT2D eigenvalue weighted by atomic mass is 19.2. The SMILES string of the molecule is O=C(CCCNC(=O)OCc1ccccc1)Nc1ccc(F)c(F)c1F. The zero-order valence-corrected chi connectivity index (χ0v) is 13.7. The van der Waals surface area contributed by atoms with E-state index in [-0.39, 0.29) is 26.0 Å². The van der Waals surface area contributed by atoms with Crippen LogP contribution in [-0.2, 0) is 16.1 Å². The number of ether oxygens (including phenoxy) is 1. The van der Waals surface area contributed by atoms with Gasteiger partial charge in [-0.05, 0) is 24.1 Å². The first-order valence-corrected chi connectivity index (χ1v) is 7.85. The molecule has 0 atom stereocenters. The van der Waals surface area contributed by atoms with E-state index in [0.717, 1.165) is 17.7 Å². The molecular formula is C18H17F3N2O3. The zero-order chi connectivity index (χ0) is 18.9. The van der Waals surface area contributed by atoms with E-state index in [2.05, 4.69) is 10.6 Å². The van der Waals surface area contributed by atoms with Crippen molar-refractivity contribution < 1.29 is 27.5 Å². The molecule has 0 bridgehead atoms. The van der Waals surface area contributed by atoms with Gasteiger partial charge >= 0.3 is 6.09 Å². The Bertz CT molecular complexity index is 770. The molecule has 2 aromatic rings. The van der Waals surface area contributed by atoms with Crippen LogP contribution >= 0.6 is 0 Å². The number of carbonyl (C=O) groups excluding carboxylic acids is 2. The average Bonchev–Trinajstić information content (AvgIpc) is 2.65. The lowest BCUT2D eigenvalue weighted by Crippen LogP contribution is -2.26. The summed E-state index contributed by atoms with van der Waals surface area (Å²) in [6.07, 6.45) is -0.407. The van der Waals surface area contributed by atoms with Gasteiger partial charge in [0.15, 0.2) is 17.5 Å². The Hall–Kier alpha value is -3.03. The molecule has 5 nitrogen and oxygen atoms in total. The maximum Gasteiger partial charge on any atom is 0.407 e. The molecule has 0 fully saturated rings. The van der Waals surface area contributed by atoms with Crippen molar-refractivity contribution in [1.82, 2.24) is 5.32 Å². The Morgan fingerprint density at radius 2 is 1.69 bits per heavy atom. The minimum Gasteiger partial charge on any atom is -0.445 e. The number of halogens is 3. The number of carbonyl (C=O) groups is 2. The van der Waals surface area contributed by atoms with Crippen LogP contribution in [-0.4, -0.2) is 18.5 Å². The van der Waals surface area contributed by atoms with Crippen molar-refractivity contribution in [2.45, 2.75) is 19.4 Å². The van der Waals surface area contributed by atoms with Crippen molar-refractivity contribution in [3.63, 3.8) is 0 Å². The van der Waals surface area contributed by atoms with Crippen molar-refractivity contribution in [1.29, 1.82) is 0 Å². The summed E-state index contributed by atoms with van der Waals surface area (Å²) in [5.41, 5.74) is 0.403. The molecule has 0 aliphatic rings. The van der Waals surface area contributed by atoms with Crippen molar-refractivity contribution in [2.75, 3.05) is 11.9 Å². The first kappa shape index (κ1) is 19.3. The molecule has 0 unspecified atom stereocenters. The molecule has 26 heavy (non-hydrogen) atoms. The fourth-order valence-electron chi connectivity index (χ4n) is 2.05. The smallest absolute Gasteiger partial charge is 0.407 e. The standard InChI is InChI=1S/C18H17F3N2O3/c19-13-8-9-14(17(21)16(13)20)23-15(24)7-4-10-22-18(25)26-11-12-5-2-1-3-6-12/h1-3,5-6,8-9H,4,7,10-11H2,(H,22,25)(H,23,24). The average molecular weight is 366 g/mol. The Balaban J connectivity index is 1.65. The molecule has 0 aliphatic carbocycles. The van der Waals surface area contributed by atoms with Crippen molar-refractivity contribution >= 4 is 17.7 Å². The van der Waals surface area contributed by atoms with E-state index in [1.54, 1.807) is 0 Å². The van der Waals surface area contributed by atoms with E-state index in [4.69, 9.17) is 4.74 Å². The number of hydrogen-bond acceptors (Lipinski definition) is 3. The Morgan fingerprint density at radius 3 is 2.42 bits per heavy atom. The molecule has 2 amide bonds. The van der Waals surface area contributed by atoms with Crippen molar-refractivity contribution in [2.24, 2.45) is 0 Å². The second kappa shape index (κ2) is 9.45. The van der Waals surface area contributed by atoms with Gasteiger partial charge in [-0.15, -0.1) is 0 Å². The third-order valence-corrected chi connectivity index (χ3v) is 3.37. The predicted molar refractivity (Wildman–Crippen MR) is 88.8 cm³/mol. The quantitative estimate of drug-likeness (QED) is 0.579. The first-order chi connectivity index (χ1) is 12.5. The number of nitrogens with one attached hydrogen (secondary N) is 2. The molecule has 0 spiro atoms. The second-order valence-electron chi connectivity index (χ2n) is 5.36. The summed E-state index contributed by atoms with van der Waals surface area (Å²) in [5, 5.41) is 4.62. The monoisotopic (exact) mass is 366 g/mol. The summed E-state index contributed by atoms with van der Waals surface area (Å²) in [4.78, 5) is 23.2. The number of rotatable bonds is 7. The Labute approximate surface area is 148 Å². The van der Waals surface area contributed by atoms with Crippen molar-refractivity contribution in [3.05, 3.63) is 65.5 Å². The third kappa shape index (κ3) is 5.80. The van der Waals surface area contributed by atoms with Crippen LogP contribution in [0.15, 0.2) is 42.5 Å². The highest BCUT2D eigenvalue weighted by Crippen LogP contribution is 2.19. The summed E-state index contributed by atoms with van der Waals surface area (Å²) < 4.78 is 44.3. The fourth-order valence-corrected chi connectivity index (χ4v) is 2.05. The Kier molecular flexibility index (Phi) is 7.02. The van der Waals surface area contributed by atoms with Gasteiger partial charge in [-0.3, -0.25) is 4.79 Å². The van der Waals surface area contributed by atoms with E-state index in [1.807, 2.05) is 30.3 Å². The van der Waals surface area contributed by atoms with Crippen LogP contribution in [0.2, 0.25) is 0 Å². The lowest BCUT2D eigenvalue weighted by molar-refractivity contribution is -0.116. The third-order valence-electron chi connectivity index (χ3n) is 3.37. The van der Waals surface area contributed by atoms with Gasteiger partial charge in [-0.1, -0.05) is 30.3 Å². The maximum absolute atomic E-state index is 13.4. The minimum atomic E-state index is -1.65. The summed E-state index contributed by atoms with van der Waals surface area (Å²) in [6.45, 7) is 0.296. The minimum absolute atomic E-state index is 0.0442. The van der Waals surface area contributed by atoms with E-state index in [1.165, 1.54) is 0 Å². The van der Waals surface area contributed by atoms with Gasteiger partial charge in [0.05, 0.1) is 5.69 Å². The van der Waals surface area contributed by atoms with Gasteiger partial charge in [0.2, 0.25) is 5.91 Å². The number of amides is 2. The molecule has 2 N–H and O–H groups in total. The number of hydrogen-bond donors (Lipinski definition) is 2. The molecule has 0 saturated heterocycles. The van der Waals surface area contributed by atoms with Gasteiger partial charge in [-0.25, -0.2) is 18.0 Å². The Morgan fingerprint density at radius 1 is 0.962 bits per heavy atom. The van der Waals surface area contributed by atoms with Gasteiger partial charge in [0.25, 0.3) is 0 Å². The van der Waals surface area contributed by atoms with Crippen LogP contribution < -0.4 is 10.6 Å². The second-order valence-corrected chi connectivity index (χ2v) is 5.36. The summed E-state index contributed by atoms with van der Waals surface area (Å²) >= 11 is 0.